The number of nitrogens with zero attached hydrogens (tertiary/aromatic N) is 1. The smallest absolute Gasteiger partial charge is 0.253 e. The number of hydrogen-bond acceptors (Lipinski definition) is 2. The molecule has 4 rings (SSSR count). The molecule has 2 aromatic carbocycles. The summed E-state index contributed by atoms with van der Waals surface area (Å²) in [4.78, 5) is 14.3. The lowest BCUT2D eigenvalue weighted by molar-refractivity contribution is -0.123. The molecule has 0 bridgehead atoms. The Kier molecular flexibility index (Phi) is 3.43. The molecule has 0 unspecified atom stereocenters. The first-order chi connectivity index (χ1) is 10.8. The van der Waals surface area contributed by atoms with Gasteiger partial charge < -0.3 is 9.64 Å². The van der Waals surface area contributed by atoms with Crippen LogP contribution in [0.15, 0.2) is 48.5 Å². The van der Waals surface area contributed by atoms with Crippen molar-refractivity contribution in [3.05, 3.63) is 54.1 Å². The summed E-state index contributed by atoms with van der Waals surface area (Å²) in [5.41, 5.74) is 4.45. The summed E-state index contributed by atoms with van der Waals surface area (Å²) in [7, 11) is 0. The van der Waals surface area contributed by atoms with E-state index < -0.39 is 0 Å². The minimum atomic E-state index is 0.0795. The highest BCUT2D eigenvalue weighted by Gasteiger charge is 2.30. The number of ether oxygens (including phenoxy) is 1. The van der Waals surface area contributed by atoms with Crippen LogP contribution in [0.1, 0.15) is 18.4 Å². The number of amides is 1. The van der Waals surface area contributed by atoms with Crippen molar-refractivity contribution in [2.75, 3.05) is 18.1 Å². The molecule has 0 radical (unpaired) electrons. The molecule has 2 aliphatic rings. The molecule has 1 fully saturated rings. The maximum absolute atomic E-state index is 12.4. The Morgan fingerprint density at radius 3 is 2.59 bits per heavy atom. The highest BCUT2D eigenvalue weighted by molar-refractivity contribution is 5.96. The van der Waals surface area contributed by atoms with Gasteiger partial charge in [0.15, 0.2) is 0 Å². The lowest BCUT2D eigenvalue weighted by Gasteiger charge is -2.23. The number of carbonyl (C=O) groups excluding carboxylic acids is 1. The van der Waals surface area contributed by atoms with E-state index in [1.807, 2.05) is 23.1 Å². The highest BCUT2D eigenvalue weighted by Crippen LogP contribution is 2.35. The van der Waals surface area contributed by atoms with E-state index in [9.17, 15) is 4.79 Å². The van der Waals surface area contributed by atoms with Gasteiger partial charge in [-0.05, 0) is 36.0 Å². The summed E-state index contributed by atoms with van der Waals surface area (Å²) in [6, 6.07) is 16.6. The molecule has 0 atom stereocenters. The summed E-state index contributed by atoms with van der Waals surface area (Å²) >= 11 is 0. The van der Waals surface area contributed by atoms with Crippen molar-refractivity contribution in [1.82, 2.24) is 0 Å². The molecule has 2 aromatic rings. The zero-order valence-corrected chi connectivity index (χ0v) is 12.5. The van der Waals surface area contributed by atoms with Crippen molar-refractivity contribution in [3.8, 4) is 11.1 Å². The van der Waals surface area contributed by atoms with Crippen LogP contribution in [-0.2, 0) is 16.1 Å². The van der Waals surface area contributed by atoms with Gasteiger partial charge in [0.25, 0.3) is 5.91 Å². The van der Waals surface area contributed by atoms with Crippen LogP contribution in [0.25, 0.3) is 11.1 Å². The van der Waals surface area contributed by atoms with E-state index in [-0.39, 0.29) is 12.5 Å². The van der Waals surface area contributed by atoms with Crippen LogP contribution >= 0.6 is 0 Å². The van der Waals surface area contributed by atoms with Crippen LogP contribution in [0.4, 0.5) is 5.69 Å². The van der Waals surface area contributed by atoms with E-state index >= 15 is 0 Å². The first-order valence-electron chi connectivity index (χ1n) is 7.88. The minimum absolute atomic E-state index is 0.0795. The number of hydrogen-bond donors (Lipinski definition) is 0. The molecule has 112 valence electrons. The number of benzene rings is 2. The Morgan fingerprint density at radius 1 is 1.00 bits per heavy atom. The molecule has 0 N–H and O–H groups in total. The third-order valence-corrected chi connectivity index (χ3v) is 4.41. The standard InChI is InChI=1S/C19H19NO2/c21-19-13-22-12-17-9-8-16(15-4-2-1-3-5-15)10-18(17)20(19)11-14-6-7-14/h1-5,8-10,14H,6-7,11-13H2. The van der Waals surface area contributed by atoms with Gasteiger partial charge in [0, 0.05) is 17.8 Å². The van der Waals surface area contributed by atoms with Crippen molar-refractivity contribution < 1.29 is 9.53 Å². The summed E-state index contributed by atoms with van der Waals surface area (Å²) in [6.07, 6.45) is 2.47. The molecule has 0 saturated heterocycles. The fourth-order valence-electron chi connectivity index (χ4n) is 2.97. The second-order valence-corrected chi connectivity index (χ2v) is 6.15. The Balaban J connectivity index is 1.76. The van der Waals surface area contributed by atoms with Gasteiger partial charge in [-0.2, -0.15) is 0 Å². The van der Waals surface area contributed by atoms with E-state index in [4.69, 9.17) is 4.74 Å². The second kappa shape index (κ2) is 5.58. The molecule has 1 saturated carbocycles. The third-order valence-electron chi connectivity index (χ3n) is 4.41. The van der Waals surface area contributed by atoms with Crippen LogP contribution in [0.3, 0.4) is 0 Å². The lowest BCUT2D eigenvalue weighted by Crippen LogP contribution is -2.34. The Hall–Kier alpha value is -2.13. The maximum atomic E-state index is 12.4. The maximum Gasteiger partial charge on any atom is 0.253 e. The molecule has 1 amide bonds. The topological polar surface area (TPSA) is 29.5 Å². The lowest BCUT2D eigenvalue weighted by atomic mass is 10.0. The van der Waals surface area contributed by atoms with Gasteiger partial charge in [-0.15, -0.1) is 0 Å². The van der Waals surface area contributed by atoms with Crippen molar-refractivity contribution in [2.45, 2.75) is 19.4 Å². The Labute approximate surface area is 130 Å². The molecule has 0 aromatic heterocycles. The van der Waals surface area contributed by atoms with Crippen LogP contribution in [-0.4, -0.2) is 19.1 Å². The van der Waals surface area contributed by atoms with E-state index in [2.05, 4.69) is 30.3 Å². The fraction of sp³-hybridized carbons (Fsp3) is 0.316. The molecular weight excluding hydrogens is 274 g/mol. The van der Waals surface area contributed by atoms with Gasteiger partial charge in [0.05, 0.1) is 6.61 Å². The van der Waals surface area contributed by atoms with Gasteiger partial charge >= 0.3 is 0 Å². The van der Waals surface area contributed by atoms with E-state index in [0.717, 1.165) is 23.4 Å². The number of anilines is 1. The predicted molar refractivity (Wildman–Crippen MR) is 86.6 cm³/mol. The van der Waals surface area contributed by atoms with Crippen LogP contribution in [0.5, 0.6) is 0 Å². The van der Waals surface area contributed by atoms with Gasteiger partial charge in [-0.25, -0.2) is 0 Å². The van der Waals surface area contributed by atoms with Crippen molar-refractivity contribution >= 4 is 11.6 Å². The quantitative estimate of drug-likeness (QED) is 0.865. The Morgan fingerprint density at radius 2 is 1.82 bits per heavy atom. The largest absolute Gasteiger partial charge is 0.367 e. The third kappa shape index (κ3) is 2.64. The number of rotatable bonds is 3. The monoisotopic (exact) mass is 293 g/mol. The highest BCUT2D eigenvalue weighted by atomic mass is 16.5. The summed E-state index contributed by atoms with van der Waals surface area (Å²) in [5, 5.41) is 0. The molecule has 3 nitrogen and oxygen atoms in total. The molecular formula is C19H19NO2. The van der Waals surface area contributed by atoms with Gasteiger partial charge in [0.1, 0.15) is 6.61 Å². The predicted octanol–water partition coefficient (Wildman–Crippen LogP) is 3.63. The molecule has 1 heterocycles. The molecule has 1 aliphatic heterocycles. The number of carbonyl (C=O) groups is 1. The zero-order valence-electron chi connectivity index (χ0n) is 12.5. The van der Waals surface area contributed by atoms with Crippen LogP contribution < -0.4 is 4.90 Å². The Bertz CT molecular complexity index is 692. The first-order valence-corrected chi connectivity index (χ1v) is 7.88. The van der Waals surface area contributed by atoms with Gasteiger partial charge in [-0.1, -0.05) is 42.5 Å². The zero-order chi connectivity index (χ0) is 14.9. The summed E-state index contributed by atoms with van der Waals surface area (Å²) in [5.74, 6) is 0.742. The minimum Gasteiger partial charge on any atom is -0.367 e. The van der Waals surface area contributed by atoms with E-state index in [1.54, 1.807) is 0 Å². The van der Waals surface area contributed by atoms with Crippen molar-refractivity contribution in [1.29, 1.82) is 0 Å². The van der Waals surface area contributed by atoms with E-state index in [1.165, 1.54) is 18.4 Å². The van der Waals surface area contributed by atoms with E-state index in [0.29, 0.717) is 12.5 Å². The van der Waals surface area contributed by atoms with Crippen LogP contribution in [0.2, 0.25) is 0 Å². The first kappa shape index (κ1) is 13.5. The van der Waals surface area contributed by atoms with Gasteiger partial charge in [0.2, 0.25) is 0 Å². The fourth-order valence-corrected chi connectivity index (χ4v) is 2.97. The average Bonchev–Trinajstić information content (AvgIpc) is 3.38. The molecule has 3 heteroatoms. The molecule has 0 spiro atoms. The van der Waals surface area contributed by atoms with Gasteiger partial charge in [-0.3, -0.25) is 4.79 Å². The van der Waals surface area contributed by atoms with Crippen molar-refractivity contribution in [2.24, 2.45) is 5.92 Å². The molecule has 22 heavy (non-hydrogen) atoms. The summed E-state index contributed by atoms with van der Waals surface area (Å²) < 4.78 is 5.52. The number of fused-ring (bicyclic) bond motifs is 1. The SMILES string of the molecule is O=C1COCc2ccc(-c3ccccc3)cc2N1CC1CC1. The summed E-state index contributed by atoms with van der Waals surface area (Å²) in [6.45, 7) is 1.52. The van der Waals surface area contributed by atoms with Crippen molar-refractivity contribution in [3.63, 3.8) is 0 Å². The molecule has 1 aliphatic carbocycles. The average molecular weight is 293 g/mol. The normalized spacial score (nSPS) is 18.0. The second-order valence-electron chi connectivity index (χ2n) is 6.15. The van der Waals surface area contributed by atoms with Crippen LogP contribution in [0, 0.1) is 5.92 Å².